The van der Waals surface area contributed by atoms with E-state index in [0.29, 0.717) is 18.9 Å². The van der Waals surface area contributed by atoms with Crippen LogP contribution >= 0.6 is 22.6 Å². The highest BCUT2D eigenvalue weighted by atomic mass is 127. The van der Waals surface area contributed by atoms with Crippen molar-refractivity contribution in [3.8, 4) is 0 Å². The second-order valence-corrected chi connectivity index (χ2v) is 5.65. The predicted octanol–water partition coefficient (Wildman–Crippen LogP) is 0.972. The molecule has 20 heavy (non-hydrogen) atoms. The van der Waals surface area contributed by atoms with Crippen molar-refractivity contribution in [1.82, 2.24) is 24.6 Å². The van der Waals surface area contributed by atoms with E-state index in [9.17, 15) is 4.79 Å². The van der Waals surface area contributed by atoms with Gasteiger partial charge in [-0.05, 0) is 35.1 Å². The van der Waals surface area contributed by atoms with Crippen LogP contribution in [0.5, 0.6) is 0 Å². The Morgan fingerprint density at radius 3 is 3.10 bits per heavy atom. The summed E-state index contributed by atoms with van der Waals surface area (Å²) in [6, 6.07) is 0.110. The zero-order valence-electron chi connectivity index (χ0n) is 10.7. The summed E-state index contributed by atoms with van der Waals surface area (Å²) in [4.78, 5) is 21.7. The van der Waals surface area contributed by atoms with Crippen molar-refractivity contribution in [2.45, 2.75) is 12.5 Å². The van der Waals surface area contributed by atoms with Crippen LogP contribution in [0.1, 0.15) is 12.5 Å². The van der Waals surface area contributed by atoms with Crippen molar-refractivity contribution in [1.29, 1.82) is 0 Å². The molecule has 2 aromatic rings. The third-order valence-corrected chi connectivity index (χ3v) is 4.23. The Balaban J connectivity index is 1.98. The number of carbonyl (C=O) groups is 1. The van der Waals surface area contributed by atoms with Gasteiger partial charge < -0.3 is 10.6 Å². The van der Waals surface area contributed by atoms with Crippen LogP contribution in [-0.4, -0.2) is 43.6 Å². The number of hydrogen-bond acceptors (Lipinski definition) is 5. The normalized spacial score (nSPS) is 18.6. The first kappa shape index (κ1) is 13.3. The van der Waals surface area contributed by atoms with Crippen molar-refractivity contribution >= 4 is 45.3 Å². The highest BCUT2D eigenvalue weighted by Crippen LogP contribution is 2.29. The topological polar surface area (TPSA) is 89.9 Å². The molecule has 8 heteroatoms. The van der Waals surface area contributed by atoms with Gasteiger partial charge >= 0.3 is 0 Å². The Labute approximate surface area is 129 Å². The summed E-state index contributed by atoms with van der Waals surface area (Å²) in [6.07, 6.45) is 3.62. The first-order valence-corrected chi connectivity index (χ1v) is 7.25. The molecule has 2 N–H and O–H groups in total. The largest absolute Gasteiger partial charge is 0.383 e. The molecule has 3 heterocycles. The van der Waals surface area contributed by atoms with Gasteiger partial charge in [0.15, 0.2) is 5.65 Å². The number of aromatic nitrogens is 4. The van der Waals surface area contributed by atoms with E-state index in [1.165, 1.54) is 12.4 Å². The summed E-state index contributed by atoms with van der Waals surface area (Å²) in [5.41, 5.74) is 6.60. The van der Waals surface area contributed by atoms with Gasteiger partial charge in [-0.25, -0.2) is 14.6 Å². The summed E-state index contributed by atoms with van der Waals surface area (Å²) in [7, 11) is 0. The van der Waals surface area contributed by atoms with Crippen molar-refractivity contribution in [3.63, 3.8) is 0 Å². The monoisotopic (exact) mass is 384 g/mol. The number of halogens is 1. The van der Waals surface area contributed by atoms with E-state index >= 15 is 0 Å². The molecule has 0 aromatic carbocycles. The summed E-state index contributed by atoms with van der Waals surface area (Å²) >= 11 is 2.13. The van der Waals surface area contributed by atoms with Crippen LogP contribution in [-0.2, 0) is 4.79 Å². The molecule has 104 valence electrons. The van der Waals surface area contributed by atoms with Gasteiger partial charge in [-0.3, -0.25) is 4.79 Å². The van der Waals surface area contributed by atoms with Crippen LogP contribution in [0.2, 0.25) is 0 Å². The Kier molecular flexibility index (Phi) is 3.32. The molecule has 0 bridgehead atoms. The van der Waals surface area contributed by atoms with Gasteiger partial charge in [-0.2, -0.15) is 5.10 Å². The maximum absolute atomic E-state index is 11.6. The van der Waals surface area contributed by atoms with Crippen LogP contribution < -0.4 is 5.73 Å². The van der Waals surface area contributed by atoms with Gasteiger partial charge in [-0.1, -0.05) is 6.58 Å². The fraction of sp³-hybridized carbons (Fsp3) is 0.333. The highest BCUT2D eigenvalue weighted by molar-refractivity contribution is 14.1. The summed E-state index contributed by atoms with van der Waals surface area (Å²) in [5, 5.41) is 5.29. The SMILES string of the molecule is C=CC(=O)N1CC[C@@H](n2nc(I)c3c(N)ncnc32)C1. The van der Waals surface area contributed by atoms with E-state index in [0.717, 1.165) is 21.2 Å². The third-order valence-electron chi connectivity index (χ3n) is 3.47. The Hall–Kier alpha value is -1.71. The zero-order valence-corrected chi connectivity index (χ0v) is 12.8. The number of carbonyl (C=O) groups excluding carboxylic acids is 1. The molecule has 0 spiro atoms. The van der Waals surface area contributed by atoms with Crippen molar-refractivity contribution in [2.75, 3.05) is 18.8 Å². The number of likely N-dealkylation sites (tertiary alicyclic amines) is 1. The molecule has 1 fully saturated rings. The predicted molar refractivity (Wildman–Crippen MR) is 82.9 cm³/mol. The Bertz CT molecular complexity index is 697. The summed E-state index contributed by atoms with van der Waals surface area (Å²) < 4.78 is 2.63. The van der Waals surface area contributed by atoms with Gasteiger partial charge in [-0.15, -0.1) is 0 Å². The summed E-state index contributed by atoms with van der Waals surface area (Å²) in [5.74, 6) is 0.385. The molecule has 3 rings (SSSR count). The second kappa shape index (κ2) is 5.00. The molecular weight excluding hydrogens is 371 g/mol. The van der Waals surface area contributed by atoms with Crippen molar-refractivity contribution in [3.05, 3.63) is 22.7 Å². The van der Waals surface area contributed by atoms with E-state index < -0.39 is 0 Å². The molecular formula is C12H13IN6O. The highest BCUT2D eigenvalue weighted by Gasteiger charge is 2.29. The van der Waals surface area contributed by atoms with E-state index in [1.54, 1.807) is 4.90 Å². The van der Waals surface area contributed by atoms with Crippen molar-refractivity contribution in [2.24, 2.45) is 0 Å². The number of nitrogens with two attached hydrogens (primary N) is 1. The van der Waals surface area contributed by atoms with Gasteiger partial charge in [0.05, 0.1) is 11.4 Å². The minimum atomic E-state index is -0.0483. The van der Waals surface area contributed by atoms with E-state index in [2.05, 4.69) is 44.2 Å². The Morgan fingerprint density at radius 1 is 1.55 bits per heavy atom. The molecule has 1 atom stereocenters. The lowest BCUT2D eigenvalue weighted by atomic mass is 10.2. The average molecular weight is 384 g/mol. The molecule has 0 aliphatic carbocycles. The maximum atomic E-state index is 11.6. The molecule has 1 aliphatic rings. The maximum Gasteiger partial charge on any atom is 0.246 e. The first-order valence-electron chi connectivity index (χ1n) is 6.17. The van der Waals surface area contributed by atoms with Crippen LogP contribution in [0.4, 0.5) is 5.82 Å². The second-order valence-electron chi connectivity index (χ2n) is 4.62. The lowest BCUT2D eigenvalue weighted by Crippen LogP contribution is -2.27. The fourth-order valence-electron chi connectivity index (χ4n) is 2.48. The van der Waals surface area contributed by atoms with E-state index in [-0.39, 0.29) is 11.9 Å². The van der Waals surface area contributed by atoms with Crippen LogP contribution in [0, 0.1) is 3.70 Å². The standard InChI is InChI=1S/C12H13IN6O/c1-2-8(20)18-4-3-7(5-18)19-12-9(10(13)17-19)11(14)15-6-16-12/h2,6-7H,1,3-5H2,(H2,14,15,16)/t7-/m1/s1. The molecule has 0 unspecified atom stereocenters. The first-order chi connectivity index (χ1) is 9.61. The lowest BCUT2D eigenvalue weighted by molar-refractivity contribution is -0.125. The summed E-state index contributed by atoms with van der Waals surface area (Å²) in [6.45, 7) is 4.83. The molecule has 7 nitrogen and oxygen atoms in total. The van der Waals surface area contributed by atoms with E-state index in [4.69, 9.17) is 5.73 Å². The van der Waals surface area contributed by atoms with Gasteiger partial charge in [0.2, 0.25) is 5.91 Å². The fourth-order valence-corrected chi connectivity index (χ4v) is 3.23. The molecule has 0 saturated carbocycles. The van der Waals surface area contributed by atoms with Gasteiger partial charge in [0, 0.05) is 13.1 Å². The van der Waals surface area contributed by atoms with Crippen molar-refractivity contribution < 1.29 is 4.79 Å². The number of fused-ring (bicyclic) bond motifs is 1. The van der Waals surface area contributed by atoms with E-state index in [1.807, 2.05) is 4.68 Å². The Morgan fingerprint density at radius 2 is 2.35 bits per heavy atom. The minimum absolute atomic E-state index is 0.0483. The average Bonchev–Trinajstić information content (AvgIpc) is 3.04. The number of anilines is 1. The quantitative estimate of drug-likeness (QED) is 0.616. The number of nitrogens with zero attached hydrogens (tertiary/aromatic N) is 5. The third kappa shape index (κ3) is 2.03. The number of hydrogen-bond donors (Lipinski definition) is 1. The zero-order chi connectivity index (χ0) is 14.3. The minimum Gasteiger partial charge on any atom is -0.383 e. The molecule has 0 radical (unpaired) electrons. The number of rotatable bonds is 2. The molecule has 1 aliphatic heterocycles. The smallest absolute Gasteiger partial charge is 0.246 e. The van der Waals surface area contributed by atoms with Gasteiger partial charge in [0.25, 0.3) is 0 Å². The molecule has 2 aromatic heterocycles. The molecule has 1 saturated heterocycles. The number of nitrogen functional groups attached to an aromatic ring is 1. The number of amides is 1. The lowest BCUT2D eigenvalue weighted by Gasteiger charge is -2.14. The van der Waals surface area contributed by atoms with Crippen LogP contribution in [0.15, 0.2) is 19.0 Å². The van der Waals surface area contributed by atoms with Gasteiger partial charge in [0.1, 0.15) is 15.8 Å². The van der Waals surface area contributed by atoms with Crippen LogP contribution in [0.3, 0.4) is 0 Å². The van der Waals surface area contributed by atoms with Crippen LogP contribution in [0.25, 0.3) is 11.0 Å². The molecule has 1 amide bonds.